The van der Waals surface area contributed by atoms with E-state index in [0.29, 0.717) is 17.4 Å². The lowest BCUT2D eigenvalue weighted by molar-refractivity contribution is 0.632. The highest BCUT2D eigenvalue weighted by Crippen LogP contribution is 2.39. The van der Waals surface area contributed by atoms with E-state index in [0.717, 1.165) is 24.5 Å². The van der Waals surface area contributed by atoms with Crippen molar-refractivity contribution in [3.05, 3.63) is 42.0 Å². The van der Waals surface area contributed by atoms with Crippen LogP contribution < -0.4 is 10.6 Å². The molecule has 0 atom stereocenters. The van der Waals surface area contributed by atoms with Crippen LogP contribution in [0, 0.1) is 5.82 Å². The highest BCUT2D eigenvalue weighted by atomic mass is 19.1. The first-order chi connectivity index (χ1) is 9.26. The molecule has 0 aliphatic heterocycles. The van der Waals surface area contributed by atoms with Gasteiger partial charge < -0.3 is 10.6 Å². The number of nitrogens with zero attached hydrogens (tertiary/aromatic N) is 2. The standard InChI is InChI=1S/C14H15FN4/c1-16-12-8-13(19-14(18-12)9-6-7-9)17-11-5-3-2-4-10(11)15/h2-5,8-9H,6-7H2,1H3,(H2,16,17,18,19). The quantitative estimate of drug-likeness (QED) is 0.883. The number of nitrogens with one attached hydrogen (secondary N) is 2. The van der Waals surface area contributed by atoms with Gasteiger partial charge in [-0.2, -0.15) is 0 Å². The summed E-state index contributed by atoms with van der Waals surface area (Å²) in [6.45, 7) is 0. The Morgan fingerprint density at radius 1 is 1.16 bits per heavy atom. The molecule has 1 heterocycles. The molecule has 1 aromatic carbocycles. The molecule has 2 aromatic rings. The maximum Gasteiger partial charge on any atom is 0.146 e. The van der Waals surface area contributed by atoms with E-state index in [1.807, 2.05) is 7.05 Å². The second-order valence-electron chi connectivity index (χ2n) is 4.63. The lowest BCUT2D eigenvalue weighted by Gasteiger charge is -2.10. The van der Waals surface area contributed by atoms with Crippen molar-refractivity contribution in [2.45, 2.75) is 18.8 Å². The number of hydrogen-bond acceptors (Lipinski definition) is 4. The molecular weight excluding hydrogens is 243 g/mol. The maximum atomic E-state index is 13.6. The summed E-state index contributed by atoms with van der Waals surface area (Å²) >= 11 is 0. The second kappa shape index (κ2) is 4.84. The molecule has 0 spiro atoms. The van der Waals surface area contributed by atoms with Gasteiger partial charge in [0, 0.05) is 19.0 Å². The van der Waals surface area contributed by atoms with E-state index >= 15 is 0 Å². The molecule has 1 aliphatic carbocycles. The molecule has 5 heteroatoms. The molecule has 1 aliphatic rings. The Kier molecular flexibility index (Phi) is 3.03. The molecule has 98 valence electrons. The van der Waals surface area contributed by atoms with E-state index in [1.165, 1.54) is 6.07 Å². The number of benzene rings is 1. The lowest BCUT2D eigenvalue weighted by Crippen LogP contribution is -2.03. The number of anilines is 3. The number of aromatic nitrogens is 2. The van der Waals surface area contributed by atoms with Crippen LogP contribution in [0.5, 0.6) is 0 Å². The molecule has 2 N–H and O–H groups in total. The monoisotopic (exact) mass is 258 g/mol. The smallest absolute Gasteiger partial charge is 0.146 e. The zero-order valence-corrected chi connectivity index (χ0v) is 10.7. The van der Waals surface area contributed by atoms with Crippen LogP contribution in [0.25, 0.3) is 0 Å². The van der Waals surface area contributed by atoms with Gasteiger partial charge in [-0.3, -0.25) is 0 Å². The Bertz CT molecular complexity index is 596. The normalized spacial score (nSPS) is 14.2. The largest absolute Gasteiger partial charge is 0.373 e. The number of rotatable bonds is 4. The first-order valence-corrected chi connectivity index (χ1v) is 6.34. The van der Waals surface area contributed by atoms with Crippen molar-refractivity contribution < 1.29 is 4.39 Å². The van der Waals surface area contributed by atoms with Crippen molar-refractivity contribution in [1.29, 1.82) is 0 Å². The van der Waals surface area contributed by atoms with E-state index in [-0.39, 0.29) is 5.82 Å². The molecule has 0 bridgehead atoms. The summed E-state index contributed by atoms with van der Waals surface area (Å²) in [6, 6.07) is 8.33. The molecule has 0 unspecified atom stereocenters. The molecule has 0 saturated heterocycles. The van der Waals surface area contributed by atoms with Crippen molar-refractivity contribution >= 4 is 17.3 Å². The minimum Gasteiger partial charge on any atom is -0.373 e. The molecule has 3 rings (SSSR count). The summed E-state index contributed by atoms with van der Waals surface area (Å²) < 4.78 is 13.6. The van der Waals surface area contributed by atoms with Gasteiger partial charge in [-0.05, 0) is 25.0 Å². The van der Waals surface area contributed by atoms with Gasteiger partial charge in [-0.1, -0.05) is 12.1 Å². The molecule has 0 amide bonds. The maximum absolute atomic E-state index is 13.6. The summed E-state index contributed by atoms with van der Waals surface area (Å²) in [4.78, 5) is 8.87. The van der Waals surface area contributed by atoms with E-state index in [9.17, 15) is 4.39 Å². The van der Waals surface area contributed by atoms with Crippen molar-refractivity contribution in [2.24, 2.45) is 0 Å². The van der Waals surface area contributed by atoms with E-state index in [2.05, 4.69) is 20.6 Å². The molecule has 1 saturated carbocycles. The number of para-hydroxylation sites is 1. The lowest BCUT2D eigenvalue weighted by atomic mass is 10.3. The van der Waals surface area contributed by atoms with Crippen LogP contribution in [-0.2, 0) is 0 Å². The number of hydrogen-bond donors (Lipinski definition) is 2. The fourth-order valence-corrected chi connectivity index (χ4v) is 1.88. The Morgan fingerprint density at radius 3 is 2.58 bits per heavy atom. The van der Waals surface area contributed by atoms with Crippen LogP contribution in [0.1, 0.15) is 24.6 Å². The summed E-state index contributed by atoms with van der Waals surface area (Å²) in [5.41, 5.74) is 0.421. The van der Waals surface area contributed by atoms with Gasteiger partial charge in [-0.15, -0.1) is 0 Å². The second-order valence-corrected chi connectivity index (χ2v) is 4.63. The van der Waals surface area contributed by atoms with Gasteiger partial charge in [-0.25, -0.2) is 14.4 Å². The predicted octanol–water partition coefficient (Wildman–Crippen LogP) is 3.28. The fraction of sp³-hybridized carbons (Fsp3) is 0.286. The van der Waals surface area contributed by atoms with E-state index in [4.69, 9.17) is 0 Å². The van der Waals surface area contributed by atoms with E-state index in [1.54, 1.807) is 24.3 Å². The SMILES string of the molecule is CNc1cc(Nc2ccccc2F)nc(C2CC2)n1. The van der Waals surface area contributed by atoms with Crippen molar-refractivity contribution in [1.82, 2.24) is 9.97 Å². The minimum absolute atomic E-state index is 0.292. The molecule has 4 nitrogen and oxygen atoms in total. The first kappa shape index (κ1) is 11.9. The average molecular weight is 258 g/mol. The van der Waals surface area contributed by atoms with Crippen molar-refractivity contribution in [2.75, 3.05) is 17.7 Å². The molecule has 19 heavy (non-hydrogen) atoms. The first-order valence-electron chi connectivity index (χ1n) is 6.34. The predicted molar refractivity (Wildman–Crippen MR) is 73.2 cm³/mol. The molecule has 1 aromatic heterocycles. The van der Waals surface area contributed by atoms with Gasteiger partial charge in [0.25, 0.3) is 0 Å². The summed E-state index contributed by atoms with van der Waals surface area (Å²) in [5.74, 6) is 2.35. The summed E-state index contributed by atoms with van der Waals surface area (Å²) in [6.07, 6.45) is 2.26. The highest BCUT2D eigenvalue weighted by molar-refractivity contribution is 5.59. The molecular formula is C14H15FN4. The third-order valence-corrected chi connectivity index (χ3v) is 3.08. The van der Waals surface area contributed by atoms with Gasteiger partial charge in [0.15, 0.2) is 0 Å². The van der Waals surface area contributed by atoms with Gasteiger partial charge >= 0.3 is 0 Å². The molecule has 1 fully saturated rings. The Labute approximate surface area is 111 Å². The zero-order chi connectivity index (χ0) is 13.2. The third kappa shape index (κ3) is 2.65. The highest BCUT2D eigenvalue weighted by Gasteiger charge is 2.27. The van der Waals surface area contributed by atoms with Crippen LogP contribution >= 0.6 is 0 Å². The van der Waals surface area contributed by atoms with Gasteiger partial charge in [0.05, 0.1) is 5.69 Å². The third-order valence-electron chi connectivity index (χ3n) is 3.08. The zero-order valence-electron chi connectivity index (χ0n) is 10.7. The Morgan fingerprint density at radius 2 is 1.89 bits per heavy atom. The van der Waals surface area contributed by atoms with Crippen LogP contribution in [0.2, 0.25) is 0 Å². The fourth-order valence-electron chi connectivity index (χ4n) is 1.88. The van der Waals surface area contributed by atoms with Crippen LogP contribution in [0.15, 0.2) is 30.3 Å². The van der Waals surface area contributed by atoms with Crippen LogP contribution in [-0.4, -0.2) is 17.0 Å². The molecule has 0 radical (unpaired) electrons. The van der Waals surface area contributed by atoms with Gasteiger partial charge in [0.1, 0.15) is 23.3 Å². The Hall–Kier alpha value is -2.17. The summed E-state index contributed by atoms with van der Waals surface area (Å²) in [7, 11) is 1.81. The average Bonchev–Trinajstić information content (AvgIpc) is 3.25. The number of halogens is 1. The van der Waals surface area contributed by atoms with Crippen LogP contribution in [0.4, 0.5) is 21.7 Å². The summed E-state index contributed by atoms with van der Waals surface area (Å²) in [5, 5.41) is 6.01. The Balaban J connectivity index is 1.91. The van der Waals surface area contributed by atoms with E-state index < -0.39 is 0 Å². The minimum atomic E-state index is -0.292. The van der Waals surface area contributed by atoms with Crippen molar-refractivity contribution in [3.63, 3.8) is 0 Å². The van der Waals surface area contributed by atoms with Gasteiger partial charge in [0.2, 0.25) is 0 Å². The topological polar surface area (TPSA) is 49.8 Å². The van der Waals surface area contributed by atoms with Crippen molar-refractivity contribution in [3.8, 4) is 0 Å². The van der Waals surface area contributed by atoms with Crippen LogP contribution in [0.3, 0.4) is 0 Å².